The molecule has 1 heterocycles. The van der Waals surface area contributed by atoms with Crippen LogP contribution >= 0.6 is 11.5 Å². The summed E-state index contributed by atoms with van der Waals surface area (Å²) >= 11 is 1.13. The van der Waals surface area contributed by atoms with E-state index in [0.717, 1.165) is 11.5 Å². The van der Waals surface area contributed by atoms with Gasteiger partial charge < -0.3 is 4.74 Å². The first-order valence-electron chi connectivity index (χ1n) is 3.57. The minimum atomic E-state index is -0.851. The fraction of sp³-hybridized carbons (Fsp3) is 0.429. The van der Waals surface area contributed by atoms with E-state index in [2.05, 4.69) is 4.37 Å². The Morgan fingerprint density at radius 3 is 3.17 bits per heavy atom. The number of ketones is 1. The molecule has 2 N–H and O–H groups in total. The molecule has 1 rings (SSSR count). The normalized spacial score (nSPS) is 12.8. The molecule has 5 heteroatoms. The number of carbonyl (C=O) groups excluding carboxylic acids is 1. The number of carbonyl (C=O) groups is 1. The van der Waals surface area contributed by atoms with E-state index in [1.54, 1.807) is 19.2 Å². The van der Waals surface area contributed by atoms with E-state index in [1.165, 1.54) is 0 Å². The third-order valence-electron chi connectivity index (χ3n) is 1.29. The van der Waals surface area contributed by atoms with Gasteiger partial charge in [-0.25, -0.2) is 4.37 Å². The lowest BCUT2D eigenvalue weighted by Gasteiger charge is -2.07. The van der Waals surface area contributed by atoms with Gasteiger partial charge in [0.15, 0.2) is 6.23 Å². The molecule has 1 aromatic rings. The second kappa shape index (κ2) is 4.30. The number of aromatic nitrogens is 1. The van der Waals surface area contributed by atoms with E-state index in [0.29, 0.717) is 11.5 Å². The molecular weight excluding hydrogens is 176 g/mol. The van der Waals surface area contributed by atoms with Crippen LogP contribution in [0, 0.1) is 0 Å². The summed E-state index contributed by atoms with van der Waals surface area (Å²) in [5.41, 5.74) is 5.43. The predicted molar refractivity (Wildman–Crippen MR) is 46.0 cm³/mol. The van der Waals surface area contributed by atoms with Gasteiger partial charge in [-0.15, -0.1) is 0 Å². The highest BCUT2D eigenvalue weighted by molar-refractivity contribution is 7.08. The Morgan fingerprint density at radius 2 is 2.67 bits per heavy atom. The Balaban J connectivity index is 2.59. The van der Waals surface area contributed by atoms with Gasteiger partial charge in [0.25, 0.3) is 0 Å². The Bertz CT molecular complexity index is 248. The maximum atomic E-state index is 11.3. The molecule has 12 heavy (non-hydrogen) atoms. The topological polar surface area (TPSA) is 65.2 Å². The van der Waals surface area contributed by atoms with Crippen molar-refractivity contribution in [3.05, 3.63) is 17.1 Å². The minimum Gasteiger partial charge on any atom is -0.356 e. The molecule has 66 valence electrons. The molecule has 0 spiro atoms. The van der Waals surface area contributed by atoms with E-state index in [-0.39, 0.29) is 5.78 Å². The predicted octanol–water partition coefficient (Wildman–Crippen LogP) is 0.647. The first-order chi connectivity index (χ1) is 5.75. The molecule has 1 unspecified atom stereocenters. The average Bonchev–Trinajstić information content (AvgIpc) is 2.55. The zero-order valence-electron chi connectivity index (χ0n) is 6.69. The quantitative estimate of drug-likeness (QED) is 0.553. The Kier molecular flexibility index (Phi) is 3.33. The third kappa shape index (κ3) is 2.10. The van der Waals surface area contributed by atoms with Crippen LogP contribution in [0.25, 0.3) is 0 Å². The molecule has 1 atom stereocenters. The molecule has 0 saturated heterocycles. The van der Waals surface area contributed by atoms with Crippen LogP contribution in [0.3, 0.4) is 0 Å². The van der Waals surface area contributed by atoms with Crippen molar-refractivity contribution in [3.8, 4) is 0 Å². The molecular formula is C7H10N2O2S. The zero-order chi connectivity index (χ0) is 8.97. The van der Waals surface area contributed by atoms with Gasteiger partial charge in [-0.05, 0) is 24.5 Å². The van der Waals surface area contributed by atoms with Crippen LogP contribution in [0.2, 0.25) is 0 Å². The highest BCUT2D eigenvalue weighted by atomic mass is 32.1. The number of hydrogen-bond acceptors (Lipinski definition) is 5. The molecule has 1 aromatic heterocycles. The molecule has 0 radical (unpaired) electrons. The molecule has 4 nitrogen and oxygen atoms in total. The monoisotopic (exact) mass is 186 g/mol. The van der Waals surface area contributed by atoms with Gasteiger partial charge in [0.2, 0.25) is 5.78 Å². The molecule has 0 bridgehead atoms. The summed E-state index contributed by atoms with van der Waals surface area (Å²) in [5, 5.41) is 0. The fourth-order valence-corrected chi connectivity index (χ4v) is 1.30. The van der Waals surface area contributed by atoms with E-state index in [4.69, 9.17) is 10.5 Å². The van der Waals surface area contributed by atoms with E-state index < -0.39 is 6.23 Å². The molecule has 0 aliphatic rings. The van der Waals surface area contributed by atoms with E-state index in [1.807, 2.05) is 0 Å². The van der Waals surface area contributed by atoms with Crippen molar-refractivity contribution < 1.29 is 9.53 Å². The van der Waals surface area contributed by atoms with Crippen molar-refractivity contribution in [1.82, 2.24) is 4.37 Å². The lowest BCUT2D eigenvalue weighted by molar-refractivity contribution is 0.0483. The number of ether oxygens (including phenoxy) is 1. The van der Waals surface area contributed by atoms with Gasteiger partial charge in [0.05, 0.1) is 4.88 Å². The lowest BCUT2D eigenvalue weighted by atomic mass is 10.3. The average molecular weight is 186 g/mol. The van der Waals surface area contributed by atoms with Gasteiger partial charge >= 0.3 is 0 Å². The third-order valence-corrected chi connectivity index (χ3v) is 2.05. The van der Waals surface area contributed by atoms with Crippen LogP contribution in [0.1, 0.15) is 16.6 Å². The maximum Gasteiger partial charge on any atom is 0.217 e. The largest absolute Gasteiger partial charge is 0.356 e. The summed E-state index contributed by atoms with van der Waals surface area (Å²) in [6.45, 7) is 2.23. The van der Waals surface area contributed by atoms with Crippen molar-refractivity contribution in [2.24, 2.45) is 5.73 Å². The summed E-state index contributed by atoms with van der Waals surface area (Å²) in [6, 6.07) is 1.63. The first kappa shape index (κ1) is 9.31. The molecule has 0 aliphatic carbocycles. The number of nitrogens with two attached hydrogens (primary N) is 1. The Morgan fingerprint density at radius 1 is 1.92 bits per heavy atom. The maximum absolute atomic E-state index is 11.3. The summed E-state index contributed by atoms with van der Waals surface area (Å²) in [4.78, 5) is 11.9. The van der Waals surface area contributed by atoms with Crippen LogP contribution < -0.4 is 5.73 Å². The number of hydrogen-bond donors (Lipinski definition) is 1. The van der Waals surface area contributed by atoms with Crippen LogP contribution in [0.15, 0.2) is 12.3 Å². The van der Waals surface area contributed by atoms with Crippen LogP contribution in [-0.4, -0.2) is 23.0 Å². The second-order valence-corrected chi connectivity index (χ2v) is 2.95. The van der Waals surface area contributed by atoms with Gasteiger partial charge in [-0.3, -0.25) is 10.5 Å². The number of rotatable bonds is 4. The van der Waals surface area contributed by atoms with Crippen molar-refractivity contribution >= 4 is 17.3 Å². The Labute approximate surface area is 74.5 Å². The molecule has 0 aromatic carbocycles. The SMILES string of the molecule is CCOC(N)C(=O)c1ccns1. The molecule has 0 aliphatic heterocycles. The van der Waals surface area contributed by atoms with Crippen LogP contribution in [-0.2, 0) is 4.74 Å². The molecule has 0 fully saturated rings. The van der Waals surface area contributed by atoms with Crippen molar-refractivity contribution in [2.75, 3.05) is 6.61 Å². The van der Waals surface area contributed by atoms with E-state index >= 15 is 0 Å². The smallest absolute Gasteiger partial charge is 0.217 e. The summed E-state index contributed by atoms with van der Waals surface area (Å²) in [7, 11) is 0. The Hall–Kier alpha value is -0.780. The number of nitrogens with zero attached hydrogens (tertiary/aromatic N) is 1. The van der Waals surface area contributed by atoms with E-state index in [9.17, 15) is 4.79 Å². The first-order valence-corrected chi connectivity index (χ1v) is 4.35. The van der Waals surface area contributed by atoms with Crippen LogP contribution in [0.5, 0.6) is 0 Å². The standard InChI is InChI=1S/C7H10N2O2S/c1-2-11-7(8)6(10)5-3-4-9-12-5/h3-4,7H,2,8H2,1H3. The number of Topliss-reactive ketones (excluding diaryl/α,β-unsaturated/α-hetero) is 1. The highest BCUT2D eigenvalue weighted by Gasteiger charge is 2.16. The molecule has 0 saturated carbocycles. The summed E-state index contributed by atoms with van der Waals surface area (Å²) in [6.07, 6.45) is 0.715. The molecule has 0 amide bonds. The van der Waals surface area contributed by atoms with Crippen LogP contribution in [0.4, 0.5) is 0 Å². The fourth-order valence-electron chi connectivity index (χ4n) is 0.738. The van der Waals surface area contributed by atoms with Crippen molar-refractivity contribution in [1.29, 1.82) is 0 Å². The van der Waals surface area contributed by atoms with Crippen molar-refractivity contribution in [2.45, 2.75) is 13.2 Å². The van der Waals surface area contributed by atoms with Gasteiger partial charge in [-0.2, -0.15) is 0 Å². The zero-order valence-corrected chi connectivity index (χ0v) is 7.50. The van der Waals surface area contributed by atoms with Gasteiger partial charge in [0, 0.05) is 12.8 Å². The summed E-state index contributed by atoms with van der Waals surface area (Å²) < 4.78 is 8.73. The van der Waals surface area contributed by atoms with Gasteiger partial charge in [0.1, 0.15) is 0 Å². The lowest BCUT2D eigenvalue weighted by Crippen LogP contribution is -2.32. The van der Waals surface area contributed by atoms with Crippen molar-refractivity contribution in [3.63, 3.8) is 0 Å². The minimum absolute atomic E-state index is 0.209. The second-order valence-electron chi connectivity index (χ2n) is 2.12. The summed E-state index contributed by atoms with van der Waals surface area (Å²) in [5.74, 6) is -0.209. The highest BCUT2D eigenvalue weighted by Crippen LogP contribution is 2.07. The van der Waals surface area contributed by atoms with Gasteiger partial charge in [-0.1, -0.05) is 0 Å².